The van der Waals surface area contributed by atoms with Gasteiger partial charge in [-0.25, -0.2) is 8.42 Å². The number of aliphatic imine (C=N–C) groups is 1. The first-order valence-corrected chi connectivity index (χ1v) is 11.0. The zero-order chi connectivity index (χ0) is 17.3. The SMILES string of the molecule is COCCSC1=N[C@@H]2CS(=O)(=O)C[C@H]2N1c1ccc(C(C)C)cc1. The number of benzene rings is 1. The van der Waals surface area contributed by atoms with Crippen LogP contribution in [-0.2, 0) is 14.6 Å². The molecule has 0 unspecified atom stereocenters. The van der Waals surface area contributed by atoms with Crippen molar-refractivity contribution < 1.29 is 13.2 Å². The number of rotatable bonds is 5. The minimum absolute atomic E-state index is 0.0788. The monoisotopic (exact) mass is 368 g/mol. The Labute approximate surface area is 148 Å². The van der Waals surface area contributed by atoms with Crippen LogP contribution < -0.4 is 4.90 Å². The van der Waals surface area contributed by atoms with E-state index in [1.165, 1.54) is 5.56 Å². The molecule has 0 spiro atoms. The van der Waals surface area contributed by atoms with Crippen LogP contribution >= 0.6 is 11.8 Å². The van der Waals surface area contributed by atoms with Crippen molar-refractivity contribution in [2.75, 3.05) is 35.9 Å². The number of methoxy groups -OCH3 is 1. The summed E-state index contributed by atoms with van der Waals surface area (Å²) in [5.41, 5.74) is 2.30. The van der Waals surface area contributed by atoms with Crippen LogP contribution in [0.3, 0.4) is 0 Å². The standard InChI is InChI=1S/C17H24N2O3S2/c1-12(2)13-4-6-14(7-5-13)19-16-11-24(20,21)10-15(16)18-17(19)23-9-8-22-3/h4-7,12,15-16H,8-11H2,1-3H3/t15-,16-/m1/s1. The van der Waals surface area contributed by atoms with Gasteiger partial charge in [0.15, 0.2) is 15.0 Å². The normalized spacial score (nSPS) is 25.2. The van der Waals surface area contributed by atoms with Gasteiger partial charge in [-0.15, -0.1) is 0 Å². The molecule has 0 saturated carbocycles. The molecule has 1 fully saturated rings. The number of sulfone groups is 1. The van der Waals surface area contributed by atoms with Gasteiger partial charge in [-0.3, -0.25) is 4.99 Å². The van der Waals surface area contributed by atoms with Gasteiger partial charge < -0.3 is 9.64 Å². The van der Waals surface area contributed by atoms with Gasteiger partial charge in [0.25, 0.3) is 0 Å². The van der Waals surface area contributed by atoms with E-state index in [1.807, 2.05) is 0 Å². The maximum absolute atomic E-state index is 12.0. The van der Waals surface area contributed by atoms with E-state index in [0.717, 1.165) is 16.6 Å². The van der Waals surface area contributed by atoms with Crippen LogP contribution in [-0.4, -0.2) is 56.6 Å². The molecule has 132 valence electrons. The lowest BCUT2D eigenvalue weighted by atomic mass is 10.0. The van der Waals surface area contributed by atoms with Gasteiger partial charge in [0, 0.05) is 18.6 Å². The first-order chi connectivity index (χ1) is 11.4. The summed E-state index contributed by atoms with van der Waals surface area (Å²) in [7, 11) is -1.32. The van der Waals surface area contributed by atoms with Crippen LogP contribution in [0.1, 0.15) is 25.3 Å². The molecular weight excluding hydrogens is 344 g/mol. The minimum atomic E-state index is -3.00. The fourth-order valence-corrected chi connectivity index (χ4v) is 6.04. The molecule has 2 aliphatic heterocycles. The number of amidine groups is 1. The van der Waals surface area contributed by atoms with Crippen molar-refractivity contribution in [1.82, 2.24) is 0 Å². The van der Waals surface area contributed by atoms with E-state index in [4.69, 9.17) is 9.73 Å². The van der Waals surface area contributed by atoms with E-state index in [9.17, 15) is 8.42 Å². The lowest BCUT2D eigenvalue weighted by Crippen LogP contribution is -2.39. The lowest BCUT2D eigenvalue weighted by molar-refractivity contribution is 0.219. The van der Waals surface area contributed by atoms with E-state index >= 15 is 0 Å². The molecule has 0 N–H and O–H groups in total. The minimum Gasteiger partial charge on any atom is -0.384 e. The Bertz CT molecular complexity index is 714. The maximum atomic E-state index is 12.0. The van der Waals surface area contributed by atoms with Crippen molar-refractivity contribution >= 4 is 32.5 Å². The number of ether oxygens (including phenoxy) is 1. The topological polar surface area (TPSA) is 59.0 Å². The van der Waals surface area contributed by atoms with Crippen molar-refractivity contribution in [2.45, 2.75) is 31.8 Å². The molecule has 0 bridgehead atoms. The average molecular weight is 369 g/mol. The second-order valence-corrected chi connectivity index (χ2v) is 9.80. The number of nitrogens with zero attached hydrogens (tertiary/aromatic N) is 2. The Hall–Kier alpha value is -1.05. The fourth-order valence-electron chi connectivity index (χ4n) is 3.17. The smallest absolute Gasteiger partial charge is 0.164 e. The molecular formula is C17H24N2O3S2. The molecule has 1 aromatic carbocycles. The number of hydrogen-bond acceptors (Lipinski definition) is 6. The summed E-state index contributed by atoms with van der Waals surface area (Å²) in [4.78, 5) is 6.81. The summed E-state index contributed by atoms with van der Waals surface area (Å²) >= 11 is 1.64. The molecule has 1 saturated heterocycles. The van der Waals surface area contributed by atoms with Gasteiger partial charge in [-0.1, -0.05) is 37.7 Å². The van der Waals surface area contributed by atoms with Crippen LogP contribution in [0.25, 0.3) is 0 Å². The maximum Gasteiger partial charge on any atom is 0.164 e. The predicted molar refractivity (Wildman–Crippen MR) is 101 cm³/mol. The van der Waals surface area contributed by atoms with E-state index in [0.29, 0.717) is 12.5 Å². The van der Waals surface area contributed by atoms with Gasteiger partial charge >= 0.3 is 0 Å². The molecule has 0 aromatic heterocycles. The highest BCUT2D eigenvalue weighted by molar-refractivity contribution is 8.14. The molecule has 1 aromatic rings. The van der Waals surface area contributed by atoms with Crippen LogP contribution in [0.2, 0.25) is 0 Å². The molecule has 3 rings (SSSR count). The zero-order valence-electron chi connectivity index (χ0n) is 14.3. The average Bonchev–Trinajstić information content (AvgIpc) is 2.98. The van der Waals surface area contributed by atoms with Gasteiger partial charge in [0.05, 0.1) is 30.2 Å². The second-order valence-electron chi connectivity index (χ2n) is 6.58. The highest BCUT2D eigenvalue weighted by Crippen LogP contribution is 2.35. The molecule has 0 amide bonds. The highest BCUT2D eigenvalue weighted by atomic mass is 32.2. The molecule has 2 aliphatic rings. The van der Waals surface area contributed by atoms with Crippen molar-refractivity contribution in [3.63, 3.8) is 0 Å². The number of hydrogen-bond donors (Lipinski definition) is 0. The summed E-state index contributed by atoms with van der Waals surface area (Å²) in [6.07, 6.45) is 0. The quantitative estimate of drug-likeness (QED) is 0.748. The summed E-state index contributed by atoms with van der Waals surface area (Å²) < 4.78 is 29.1. The third-order valence-corrected chi connectivity index (χ3v) is 7.09. The van der Waals surface area contributed by atoms with Gasteiger partial charge in [-0.2, -0.15) is 0 Å². The summed E-state index contributed by atoms with van der Waals surface area (Å²) in [6.45, 7) is 4.98. The number of thioether (sulfide) groups is 1. The van der Waals surface area contributed by atoms with Gasteiger partial charge in [0.1, 0.15) is 0 Å². The summed E-state index contributed by atoms with van der Waals surface area (Å²) in [5.74, 6) is 1.62. The van der Waals surface area contributed by atoms with Crippen molar-refractivity contribution in [3.05, 3.63) is 29.8 Å². The molecule has 7 heteroatoms. The van der Waals surface area contributed by atoms with Crippen molar-refractivity contribution in [1.29, 1.82) is 0 Å². The molecule has 0 radical (unpaired) electrons. The number of fused-ring (bicyclic) bond motifs is 1. The zero-order valence-corrected chi connectivity index (χ0v) is 15.9. The molecule has 0 aliphatic carbocycles. The van der Waals surface area contributed by atoms with Crippen molar-refractivity contribution in [3.8, 4) is 0 Å². The van der Waals surface area contributed by atoms with Crippen LogP contribution in [0, 0.1) is 0 Å². The molecule has 2 atom stereocenters. The van der Waals surface area contributed by atoms with E-state index in [1.54, 1.807) is 18.9 Å². The predicted octanol–water partition coefficient (Wildman–Crippen LogP) is 2.53. The van der Waals surface area contributed by atoms with E-state index < -0.39 is 9.84 Å². The molecule has 5 nitrogen and oxygen atoms in total. The Morgan fingerprint density at radius 3 is 2.62 bits per heavy atom. The van der Waals surface area contributed by atoms with Gasteiger partial charge in [0.2, 0.25) is 0 Å². The summed E-state index contributed by atoms with van der Waals surface area (Å²) in [5, 5.41) is 0.911. The largest absolute Gasteiger partial charge is 0.384 e. The van der Waals surface area contributed by atoms with Gasteiger partial charge in [-0.05, 0) is 23.6 Å². The van der Waals surface area contributed by atoms with Crippen molar-refractivity contribution in [2.24, 2.45) is 4.99 Å². The molecule has 2 heterocycles. The summed E-state index contributed by atoms with van der Waals surface area (Å²) in [6, 6.07) is 8.17. The second kappa shape index (κ2) is 7.06. The van der Waals surface area contributed by atoms with E-state index in [-0.39, 0.29) is 23.6 Å². The third-order valence-electron chi connectivity index (χ3n) is 4.46. The first-order valence-electron chi connectivity index (χ1n) is 8.20. The highest BCUT2D eigenvalue weighted by Gasteiger charge is 2.47. The number of anilines is 1. The Morgan fingerprint density at radius 2 is 2.00 bits per heavy atom. The molecule has 24 heavy (non-hydrogen) atoms. The fraction of sp³-hybridized carbons (Fsp3) is 0.588. The Morgan fingerprint density at radius 1 is 1.29 bits per heavy atom. The van der Waals surface area contributed by atoms with Crippen LogP contribution in [0.4, 0.5) is 5.69 Å². The first kappa shape index (κ1) is 17.8. The Kier molecular flexibility index (Phi) is 5.22. The van der Waals surface area contributed by atoms with Crippen LogP contribution in [0.5, 0.6) is 0 Å². The lowest BCUT2D eigenvalue weighted by Gasteiger charge is -2.26. The Balaban J connectivity index is 1.87. The van der Waals surface area contributed by atoms with Crippen LogP contribution in [0.15, 0.2) is 29.3 Å². The van der Waals surface area contributed by atoms with E-state index in [2.05, 4.69) is 43.0 Å². The third kappa shape index (κ3) is 3.63.